The Bertz CT molecular complexity index is 171. The zero-order valence-electron chi connectivity index (χ0n) is 8.39. The van der Waals surface area contributed by atoms with Crippen LogP contribution in [0.25, 0.3) is 0 Å². The first-order valence-electron chi connectivity index (χ1n) is 5.55. The fraction of sp³-hybridized carbons (Fsp3) is 1.00. The molecule has 0 unspecified atom stereocenters. The van der Waals surface area contributed by atoms with Crippen molar-refractivity contribution in [1.82, 2.24) is 0 Å². The van der Waals surface area contributed by atoms with Crippen LogP contribution in [0.4, 0.5) is 0 Å². The fourth-order valence-corrected chi connectivity index (χ4v) is 3.52. The molecule has 2 nitrogen and oxygen atoms in total. The Morgan fingerprint density at radius 1 is 1.08 bits per heavy atom. The smallest absolute Gasteiger partial charge is 0.0499 e. The highest BCUT2D eigenvalue weighted by Crippen LogP contribution is 2.60. The number of aliphatic hydroxyl groups is 1. The summed E-state index contributed by atoms with van der Waals surface area (Å²) in [6, 6.07) is 0. The fourth-order valence-electron chi connectivity index (χ4n) is 3.52. The van der Waals surface area contributed by atoms with Crippen molar-refractivity contribution >= 4 is 0 Å². The Kier molecular flexibility index (Phi) is 2.37. The van der Waals surface area contributed by atoms with Crippen LogP contribution >= 0.6 is 0 Å². The number of aliphatic hydroxyl groups excluding tert-OH is 1. The molecular formula is C11H21NO. The van der Waals surface area contributed by atoms with E-state index in [0.717, 1.165) is 0 Å². The molecule has 2 aliphatic carbocycles. The van der Waals surface area contributed by atoms with Gasteiger partial charge in [-0.2, -0.15) is 0 Å². The van der Waals surface area contributed by atoms with Crippen molar-refractivity contribution in [3.05, 3.63) is 0 Å². The van der Waals surface area contributed by atoms with Gasteiger partial charge in [0.2, 0.25) is 0 Å². The van der Waals surface area contributed by atoms with Gasteiger partial charge in [0, 0.05) is 18.6 Å². The predicted octanol–water partition coefficient (Wildman–Crippen LogP) is 1.67. The number of hydrogen-bond donors (Lipinski definition) is 2. The molecule has 0 aromatic heterocycles. The first kappa shape index (κ1) is 9.47. The van der Waals surface area contributed by atoms with E-state index in [-0.39, 0.29) is 5.41 Å². The quantitative estimate of drug-likeness (QED) is 0.684. The van der Waals surface area contributed by atoms with Gasteiger partial charge in [0.05, 0.1) is 0 Å². The Balaban J connectivity index is 1.93. The van der Waals surface area contributed by atoms with Gasteiger partial charge in [-0.05, 0) is 31.1 Å². The highest BCUT2D eigenvalue weighted by molar-refractivity contribution is 5.04. The third kappa shape index (κ3) is 1.50. The largest absolute Gasteiger partial charge is 0.396 e. The summed E-state index contributed by atoms with van der Waals surface area (Å²) < 4.78 is 0. The lowest BCUT2D eigenvalue weighted by molar-refractivity contribution is -0.0892. The van der Waals surface area contributed by atoms with Crippen molar-refractivity contribution in [2.24, 2.45) is 16.6 Å². The lowest BCUT2D eigenvalue weighted by Crippen LogP contribution is -2.53. The number of nitrogens with two attached hydrogens (primary N) is 1. The molecule has 0 amide bonds. The third-order valence-electron chi connectivity index (χ3n) is 4.18. The molecule has 3 N–H and O–H groups in total. The molecule has 2 fully saturated rings. The van der Waals surface area contributed by atoms with Crippen molar-refractivity contribution in [2.45, 2.75) is 44.9 Å². The van der Waals surface area contributed by atoms with Gasteiger partial charge in [0.15, 0.2) is 0 Å². The van der Waals surface area contributed by atoms with Crippen molar-refractivity contribution < 1.29 is 5.11 Å². The van der Waals surface area contributed by atoms with Gasteiger partial charge >= 0.3 is 0 Å². The molecule has 0 heterocycles. The van der Waals surface area contributed by atoms with Crippen LogP contribution in [0.3, 0.4) is 0 Å². The normalized spacial score (nSPS) is 30.0. The van der Waals surface area contributed by atoms with E-state index >= 15 is 0 Å². The molecule has 13 heavy (non-hydrogen) atoms. The Morgan fingerprint density at radius 2 is 1.69 bits per heavy atom. The number of rotatable bonds is 2. The second kappa shape index (κ2) is 3.25. The summed E-state index contributed by atoms with van der Waals surface area (Å²) in [4.78, 5) is 0. The van der Waals surface area contributed by atoms with Crippen molar-refractivity contribution in [3.8, 4) is 0 Å². The Hall–Kier alpha value is -0.0800. The molecular weight excluding hydrogens is 162 g/mol. The van der Waals surface area contributed by atoms with Crippen LogP contribution in [-0.2, 0) is 0 Å². The Morgan fingerprint density at radius 3 is 2.15 bits per heavy atom. The molecule has 0 radical (unpaired) electrons. The van der Waals surface area contributed by atoms with Gasteiger partial charge in [-0.25, -0.2) is 0 Å². The van der Waals surface area contributed by atoms with Gasteiger partial charge < -0.3 is 10.8 Å². The highest BCUT2D eigenvalue weighted by atomic mass is 16.3. The van der Waals surface area contributed by atoms with Crippen LogP contribution in [0, 0.1) is 10.8 Å². The molecule has 0 saturated heterocycles. The molecule has 2 saturated carbocycles. The SMILES string of the molecule is NCC1(CO)CC2(CCCCC2)C1. The van der Waals surface area contributed by atoms with Gasteiger partial charge in [-0.1, -0.05) is 19.3 Å². The topological polar surface area (TPSA) is 46.2 Å². The summed E-state index contributed by atoms with van der Waals surface area (Å²) >= 11 is 0. The summed E-state index contributed by atoms with van der Waals surface area (Å²) in [5.74, 6) is 0. The monoisotopic (exact) mass is 183 g/mol. The lowest BCUT2D eigenvalue weighted by Gasteiger charge is -2.57. The van der Waals surface area contributed by atoms with Crippen LogP contribution < -0.4 is 5.73 Å². The van der Waals surface area contributed by atoms with Crippen LogP contribution in [0.2, 0.25) is 0 Å². The first-order valence-corrected chi connectivity index (χ1v) is 5.55. The third-order valence-corrected chi connectivity index (χ3v) is 4.18. The maximum absolute atomic E-state index is 9.27. The molecule has 0 aromatic carbocycles. The van der Waals surface area contributed by atoms with Gasteiger partial charge in [0.25, 0.3) is 0 Å². The maximum atomic E-state index is 9.27. The van der Waals surface area contributed by atoms with E-state index in [0.29, 0.717) is 18.6 Å². The minimum Gasteiger partial charge on any atom is -0.396 e. The molecule has 2 aliphatic rings. The summed E-state index contributed by atoms with van der Waals surface area (Å²) in [5.41, 5.74) is 6.42. The zero-order valence-corrected chi connectivity index (χ0v) is 8.39. The van der Waals surface area contributed by atoms with Crippen molar-refractivity contribution in [1.29, 1.82) is 0 Å². The van der Waals surface area contributed by atoms with Crippen molar-refractivity contribution in [3.63, 3.8) is 0 Å². The van der Waals surface area contributed by atoms with E-state index in [9.17, 15) is 5.11 Å². The molecule has 76 valence electrons. The van der Waals surface area contributed by atoms with Crippen LogP contribution in [-0.4, -0.2) is 18.3 Å². The second-order valence-electron chi connectivity index (χ2n) is 5.28. The van der Waals surface area contributed by atoms with Gasteiger partial charge in [-0.3, -0.25) is 0 Å². The van der Waals surface area contributed by atoms with Gasteiger partial charge in [0.1, 0.15) is 0 Å². The Labute approximate surface area is 80.5 Å². The van der Waals surface area contributed by atoms with E-state index in [1.54, 1.807) is 0 Å². The number of hydrogen-bond acceptors (Lipinski definition) is 2. The minimum absolute atomic E-state index is 0.108. The molecule has 0 aromatic rings. The van der Waals surface area contributed by atoms with Crippen molar-refractivity contribution in [2.75, 3.05) is 13.2 Å². The molecule has 0 aliphatic heterocycles. The summed E-state index contributed by atoms with van der Waals surface area (Å²) in [7, 11) is 0. The molecule has 0 atom stereocenters. The predicted molar refractivity (Wildman–Crippen MR) is 53.3 cm³/mol. The molecule has 0 bridgehead atoms. The maximum Gasteiger partial charge on any atom is 0.0499 e. The standard InChI is InChI=1S/C11H21NO/c12-8-11(9-13)6-10(7-11)4-2-1-3-5-10/h13H,1-9,12H2. The summed E-state index contributed by atoms with van der Waals surface area (Å²) in [6.45, 7) is 0.969. The van der Waals surface area contributed by atoms with E-state index in [4.69, 9.17) is 5.73 Å². The summed E-state index contributed by atoms with van der Waals surface area (Å²) in [6.07, 6.45) is 9.35. The van der Waals surface area contributed by atoms with E-state index in [1.165, 1.54) is 44.9 Å². The molecule has 2 heteroatoms. The van der Waals surface area contributed by atoms with E-state index in [1.807, 2.05) is 0 Å². The van der Waals surface area contributed by atoms with Crippen LogP contribution in [0.1, 0.15) is 44.9 Å². The first-order chi connectivity index (χ1) is 6.24. The van der Waals surface area contributed by atoms with E-state index < -0.39 is 0 Å². The molecule has 2 rings (SSSR count). The highest BCUT2D eigenvalue weighted by Gasteiger charge is 2.52. The summed E-state index contributed by atoms with van der Waals surface area (Å²) in [5, 5.41) is 9.27. The average molecular weight is 183 g/mol. The van der Waals surface area contributed by atoms with E-state index in [2.05, 4.69) is 0 Å². The minimum atomic E-state index is 0.108. The van der Waals surface area contributed by atoms with Crippen LogP contribution in [0.15, 0.2) is 0 Å². The van der Waals surface area contributed by atoms with Gasteiger partial charge in [-0.15, -0.1) is 0 Å². The zero-order chi connectivity index (χ0) is 9.36. The molecule has 1 spiro atoms. The second-order valence-corrected chi connectivity index (χ2v) is 5.28. The lowest BCUT2D eigenvalue weighted by atomic mass is 9.49. The average Bonchev–Trinajstić information content (AvgIpc) is 2.15. The van der Waals surface area contributed by atoms with Crippen LogP contribution in [0.5, 0.6) is 0 Å².